The molecule has 2 nitrogen and oxygen atoms in total. The Morgan fingerprint density at radius 2 is 2.45 bits per heavy atom. The Morgan fingerprint density at radius 3 is 3.18 bits per heavy atom. The minimum absolute atomic E-state index is 0.216. The maximum absolute atomic E-state index is 11.3. The Balaban J connectivity index is 2.27. The fourth-order valence-corrected chi connectivity index (χ4v) is 2.09. The third kappa shape index (κ3) is 0.932. The van der Waals surface area contributed by atoms with Gasteiger partial charge in [0.25, 0.3) is 0 Å². The van der Waals surface area contributed by atoms with E-state index in [2.05, 4.69) is 0 Å². The van der Waals surface area contributed by atoms with Gasteiger partial charge in [-0.05, 0) is 18.9 Å². The lowest BCUT2D eigenvalue weighted by Gasteiger charge is -2.05. The summed E-state index contributed by atoms with van der Waals surface area (Å²) in [6.07, 6.45) is 3.82. The highest BCUT2D eigenvalue weighted by Gasteiger charge is 2.41. The zero-order valence-electron chi connectivity index (χ0n) is 6.67. The molecule has 11 heavy (non-hydrogen) atoms. The molecular formula is C9H12O2. The van der Waals surface area contributed by atoms with Crippen molar-refractivity contribution in [3.63, 3.8) is 0 Å². The van der Waals surface area contributed by atoms with Crippen LogP contribution in [0.5, 0.6) is 0 Å². The number of ketones is 1. The SMILES string of the molecule is C/C=C1\C(=O)C[C@@H]2OCC[C@H]12. The van der Waals surface area contributed by atoms with E-state index in [4.69, 9.17) is 4.74 Å². The number of allylic oxidation sites excluding steroid dienone is 1. The van der Waals surface area contributed by atoms with Crippen molar-refractivity contribution >= 4 is 5.78 Å². The van der Waals surface area contributed by atoms with E-state index in [0.717, 1.165) is 18.6 Å². The molecule has 0 aromatic heterocycles. The van der Waals surface area contributed by atoms with Crippen LogP contribution < -0.4 is 0 Å². The van der Waals surface area contributed by atoms with Crippen LogP contribution in [0, 0.1) is 5.92 Å². The van der Waals surface area contributed by atoms with Crippen molar-refractivity contribution in [1.82, 2.24) is 0 Å². The van der Waals surface area contributed by atoms with E-state index in [1.54, 1.807) is 0 Å². The quantitative estimate of drug-likeness (QED) is 0.489. The number of hydrogen-bond acceptors (Lipinski definition) is 2. The summed E-state index contributed by atoms with van der Waals surface area (Å²) >= 11 is 0. The highest BCUT2D eigenvalue weighted by Crippen LogP contribution is 2.37. The molecule has 0 aromatic carbocycles. The molecule has 0 bridgehead atoms. The van der Waals surface area contributed by atoms with Gasteiger partial charge >= 0.3 is 0 Å². The minimum atomic E-state index is 0.216. The third-order valence-corrected chi connectivity index (χ3v) is 2.63. The maximum Gasteiger partial charge on any atom is 0.161 e. The van der Waals surface area contributed by atoms with Gasteiger partial charge in [0, 0.05) is 18.9 Å². The molecule has 2 fully saturated rings. The molecule has 0 N–H and O–H groups in total. The van der Waals surface area contributed by atoms with Gasteiger partial charge in [-0.1, -0.05) is 6.08 Å². The molecule has 60 valence electrons. The predicted molar refractivity (Wildman–Crippen MR) is 41.2 cm³/mol. The lowest BCUT2D eigenvalue weighted by Crippen LogP contribution is -2.07. The molecule has 0 amide bonds. The monoisotopic (exact) mass is 152 g/mol. The normalized spacial score (nSPS) is 40.1. The van der Waals surface area contributed by atoms with Crippen LogP contribution in [0.3, 0.4) is 0 Å². The molecule has 1 heterocycles. The highest BCUT2D eigenvalue weighted by molar-refractivity contribution is 5.98. The molecule has 2 aliphatic rings. The van der Waals surface area contributed by atoms with Crippen molar-refractivity contribution in [3.8, 4) is 0 Å². The number of carbonyl (C=O) groups excluding carboxylic acids is 1. The molecule has 0 spiro atoms. The van der Waals surface area contributed by atoms with Crippen molar-refractivity contribution in [1.29, 1.82) is 0 Å². The number of fused-ring (bicyclic) bond motifs is 1. The highest BCUT2D eigenvalue weighted by atomic mass is 16.5. The Labute approximate surface area is 66.2 Å². The minimum Gasteiger partial charge on any atom is -0.377 e. The fourth-order valence-electron chi connectivity index (χ4n) is 2.09. The number of rotatable bonds is 0. The molecule has 1 aliphatic carbocycles. The first-order chi connectivity index (χ1) is 5.33. The second-order valence-electron chi connectivity index (χ2n) is 3.18. The summed E-state index contributed by atoms with van der Waals surface area (Å²) in [4.78, 5) is 11.3. The smallest absolute Gasteiger partial charge is 0.161 e. The van der Waals surface area contributed by atoms with Crippen LogP contribution in [-0.2, 0) is 9.53 Å². The van der Waals surface area contributed by atoms with Gasteiger partial charge in [0.05, 0.1) is 6.10 Å². The largest absolute Gasteiger partial charge is 0.377 e. The molecule has 2 heteroatoms. The average molecular weight is 152 g/mol. The van der Waals surface area contributed by atoms with Crippen LogP contribution in [0.15, 0.2) is 11.6 Å². The van der Waals surface area contributed by atoms with E-state index in [-0.39, 0.29) is 6.10 Å². The van der Waals surface area contributed by atoms with Gasteiger partial charge < -0.3 is 4.74 Å². The van der Waals surface area contributed by atoms with E-state index in [0.29, 0.717) is 18.1 Å². The van der Waals surface area contributed by atoms with Gasteiger partial charge in [-0.15, -0.1) is 0 Å². The fraction of sp³-hybridized carbons (Fsp3) is 0.667. The molecule has 1 saturated heterocycles. The van der Waals surface area contributed by atoms with Crippen LogP contribution in [-0.4, -0.2) is 18.5 Å². The van der Waals surface area contributed by atoms with Crippen LogP contribution in [0.1, 0.15) is 19.8 Å². The summed E-state index contributed by atoms with van der Waals surface area (Å²) in [7, 11) is 0. The van der Waals surface area contributed by atoms with Gasteiger partial charge in [-0.2, -0.15) is 0 Å². The number of ether oxygens (including phenoxy) is 1. The first-order valence-corrected chi connectivity index (χ1v) is 4.14. The lowest BCUT2D eigenvalue weighted by atomic mass is 9.99. The van der Waals surface area contributed by atoms with E-state index in [1.165, 1.54) is 0 Å². The zero-order valence-corrected chi connectivity index (χ0v) is 6.67. The van der Waals surface area contributed by atoms with Crippen LogP contribution in [0.4, 0.5) is 0 Å². The Kier molecular flexibility index (Phi) is 1.57. The van der Waals surface area contributed by atoms with Crippen LogP contribution in [0.2, 0.25) is 0 Å². The predicted octanol–water partition coefficient (Wildman–Crippen LogP) is 1.31. The Morgan fingerprint density at radius 1 is 1.64 bits per heavy atom. The standard InChI is InChI=1S/C9H12O2/c1-2-6-7-3-4-11-9(7)5-8(6)10/h2,7,9H,3-5H2,1H3/b6-2-/t7-,9+/m1/s1. The molecule has 0 aromatic rings. The number of hydrogen-bond donors (Lipinski definition) is 0. The summed E-state index contributed by atoms with van der Waals surface area (Å²) < 4.78 is 5.42. The number of carbonyl (C=O) groups is 1. The van der Waals surface area contributed by atoms with Crippen molar-refractivity contribution in [2.75, 3.05) is 6.61 Å². The van der Waals surface area contributed by atoms with Crippen LogP contribution in [0.25, 0.3) is 0 Å². The zero-order chi connectivity index (χ0) is 7.84. The first kappa shape index (κ1) is 7.04. The van der Waals surface area contributed by atoms with Gasteiger partial charge in [-0.3, -0.25) is 4.79 Å². The Hall–Kier alpha value is -0.630. The molecule has 0 radical (unpaired) electrons. The molecular weight excluding hydrogens is 140 g/mol. The van der Waals surface area contributed by atoms with Gasteiger partial charge in [0.15, 0.2) is 5.78 Å². The summed E-state index contributed by atoms with van der Waals surface area (Å²) in [6.45, 7) is 2.77. The molecule has 0 unspecified atom stereocenters. The molecule has 1 saturated carbocycles. The second-order valence-corrected chi connectivity index (χ2v) is 3.18. The van der Waals surface area contributed by atoms with Crippen LogP contribution >= 0.6 is 0 Å². The lowest BCUT2D eigenvalue weighted by molar-refractivity contribution is -0.115. The summed E-state index contributed by atoms with van der Waals surface area (Å²) in [5.41, 5.74) is 1.01. The van der Waals surface area contributed by atoms with Gasteiger partial charge in [0.2, 0.25) is 0 Å². The third-order valence-electron chi connectivity index (χ3n) is 2.63. The van der Waals surface area contributed by atoms with E-state index >= 15 is 0 Å². The van der Waals surface area contributed by atoms with Gasteiger partial charge in [-0.25, -0.2) is 0 Å². The van der Waals surface area contributed by atoms with Gasteiger partial charge in [0.1, 0.15) is 0 Å². The molecule has 1 aliphatic heterocycles. The first-order valence-electron chi connectivity index (χ1n) is 4.14. The van der Waals surface area contributed by atoms with E-state index < -0.39 is 0 Å². The molecule has 2 atom stereocenters. The summed E-state index contributed by atoms with van der Waals surface area (Å²) in [5.74, 6) is 0.717. The van der Waals surface area contributed by atoms with Crippen molar-refractivity contribution in [2.24, 2.45) is 5.92 Å². The second kappa shape index (κ2) is 2.45. The van der Waals surface area contributed by atoms with Crippen molar-refractivity contribution in [3.05, 3.63) is 11.6 Å². The topological polar surface area (TPSA) is 26.3 Å². The van der Waals surface area contributed by atoms with E-state index in [9.17, 15) is 4.79 Å². The molecule has 2 rings (SSSR count). The number of Topliss-reactive ketones (excluding diaryl/α,β-unsaturated/α-hetero) is 1. The van der Waals surface area contributed by atoms with Crippen molar-refractivity contribution < 1.29 is 9.53 Å². The van der Waals surface area contributed by atoms with E-state index in [1.807, 2.05) is 13.0 Å². The maximum atomic E-state index is 11.3. The van der Waals surface area contributed by atoms with Crippen molar-refractivity contribution in [2.45, 2.75) is 25.9 Å². The summed E-state index contributed by atoms with van der Waals surface area (Å²) in [5, 5.41) is 0. The summed E-state index contributed by atoms with van der Waals surface area (Å²) in [6, 6.07) is 0. The average Bonchev–Trinajstić information content (AvgIpc) is 2.46. The Bertz CT molecular complexity index is 218.